The van der Waals surface area contributed by atoms with Gasteiger partial charge in [-0.15, -0.1) is 0 Å². The first kappa shape index (κ1) is 13.5. The van der Waals surface area contributed by atoms with Crippen LogP contribution in [0.4, 0.5) is 21.7 Å². The zero-order valence-electron chi connectivity index (χ0n) is 10.5. The lowest BCUT2D eigenvalue weighted by atomic mass is 10.3. The molecule has 0 amide bonds. The molecule has 19 heavy (non-hydrogen) atoms. The molecule has 100 valence electrons. The minimum atomic E-state index is -0.422. The fourth-order valence-electron chi connectivity index (χ4n) is 1.50. The van der Waals surface area contributed by atoms with E-state index in [4.69, 9.17) is 11.6 Å². The Bertz CT molecular complexity index is 562. The van der Waals surface area contributed by atoms with E-state index >= 15 is 0 Å². The summed E-state index contributed by atoms with van der Waals surface area (Å²) in [5.74, 6) is 0.803. The van der Waals surface area contributed by atoms with Crippen LogP contribution in [0.15, 0.2) is 30.6 Å². The average Bonchev–Trinajstić information content (AvgIpc) is 2.40. The van der Waals surface area contributed by atoms with Crippen LogP contribution in [0.5, 0.6) is 0 Å². The summed E-state index contributed by atoms with van der Waals surface area (Å²) in [6.07, 6.45) is 2.42. The largest absolute Gasteiger partial charge is 0.370 e. The van der Waals surface area contributed by atoms with Gasteiger partial charge in [0.25, 0.3) is 0 Å². The molecular weight excluding hydrogens is 267 g/mol. The molecule has 1 aromatic heterocycles. The summed E-state index contributed by atoms with van der Waals surface area (Å²) in [6.45, 7) is 2.89. The molecule has 0 saturated heterocycles. The van der Waals surface area contributed by atoms with Crippen molar-refractivity contribution in [2.75, 3.05) is 17.2 Å². The van der Waals surface area contributed by atoms with Crippen LogP contribution >= 0.6 is 11.6 Å². The quantitative estimate of drug-likeness (QED) is 0.874. The Balaban J connectivity index is 2.14. The van der Waals surface area contributed by atoms with Crippen molar-refractivity contribution in [3.05, 3.63) is 41.4 Å². The maximum absolute atomic E-state index is 13.6. The predicted molar refractivity (Wildman–Crippen MR) is 75.5 cm³/mol. The Morgan fingerprint density at radius 1 is 1.21 bits per heavy atom. The third-order valence-electron chi connectivity index (χ3n) is 2.42. The molecule has 0 spiro atoms. The highest BCUT2D eigenvalue weighted by Gasteiger charge is 2.04. The molecule has 6 heteroatoms. The topological polar surface area (TPSA) is 49.8 Å². The van der Waals surface area contributed by atoms with E-state index in [9.17, 15) is 4.39 Å². The van der Waals surface area contributed by atoms with Crippen molar-refractivity contribution in [1.82, 2.24) is 9.97 Å². The SMILES string of the molecule is CCCNc1cc(Nc2ccc(Cl)cc2F)ncn1. The van der Waals surface area contributed by atoms with E-state index in [0.29, 0.717) is 22.3 Å². The number of nitrogens with zero attached hydrogens (tertiary/aromatic N) is 2. The Morgan fingerprint density at radius 2 is 2.00 bits per heavy atom. The third kappa shape index (κ3) is 3.79. The molecule has 2 rings (SSSR count). The summed E-state index contributed by atoms with van der Waals surface area (Å²) in [7, 11) is 0. The van der Waals surface area contributed by atoms with Crippen molar-refractivity contribution in [2.45, 2.75) is 13.3 Å². The van der Waals surface area contributed by atoms with Crippen LogP contribution < -0.4 is 10.6 Å². The van der Waals surface area contributed by atoms with Gasteiger partial charge in [0.05, 0.1) is 5.69 Å². The number of nitrogens with one attached hydrogen (secondary N) is 2. The molecule has 0 unspecified atom stereocenters. The van der Waals surface area contributed by atoms with Gasteiger partial charge >= 0.3 is 0 Å². The molecule has 0 aliphatic rings. The summed E-state index contributed by atoms with van der Waals surface area (Å²) in [5, 5.41) is 6.39. The second-order valence-corrected chi connectivity index (χ2v) is 4.40. The number of benzene rings is 1. The van der Waals surface area contributed by atoms with Crippen molar-refractivity contribution in [3.8, 4) is 0 Å². The van der Waals surface area contributed by atoms with Gasteiger partial charge in [0, 0.05) is 17.6 Å². The predicted octanol–water partition coefficient (Wildman–Crippen LogP) is 3.83. The van der Waals surface area contributed by atoms with E-state index < -0.39 is 5.82 Å². The highest BCUT2D eigenvalue weighted by Crippen LogP contribution is 2.22. The lowest BCUT2D eigenvalue weighted by Crippen LogP contribution is -2.03. The van der Waals surface area contributed by atoms with Gasteiger partial charge < -0.3 is 10.6 Å². The van der Waals surface area contributed by atoms with Crippen LogP contribution in [0.2, 0.25) is 5.02 Å². The third-order valence-corrected chi connectivity index (χ3v) is 2.65. The van der Waals surface area contributed by atoms with Gasteiger partial charge in [-0.3, -0.25) is 0 Å². The normalized spacial score (nSPS) is 10.3. The van der Waals surface area contributed by atoms with E-state index in [-0.39, 0.29) is 0 Å². The standard InChI is InChI=1S/C13H14ClFN4/c1-2-5-16-12-7-13(18-8-17-12)19-11-4-3-9(14)6-10(11)15/h3-4,6-8H,2,5H2,1H3,(H2,16,17,18,19). The lowest BCUT2D eigenvalue weighted by molar-refractivity contribution is 0.632. The smallest absolute Gasteiger partial charge is 0.148 e. The average molecular weight is 281 g/mol. The molecule has 1 heterocycles. The summed E-state index contributed by atoms with van der Waals surface area (Å²) < 4.78 is 13.6. The number of halogens is 2. The van der Waals surface area contributed by atoms with E-state index in [1.165, 1.54) is 12.4 Å². The maximum atomic E-state index is 13.6. The molecule has 0 fully saturated rings. The van der Waals surface area contributed by atoms with Crippen molar-refractivity contribution in [3.63, 3.8) is 0 Å². The molecule has 2 N–H and O–H groups in total. The molecule has 0 aliphatic carbocycles. The second-order valence-electron chi connectivity index (χ2n) is 3.96. The minimum absolute atomic E-state index is 0.324. The summed E-state index contributed by atoms with van der Waals surface area (Å²) in [5.41, 5.74) is 0.324. The minimum Gasteiger partial charge on any atom is -0.370 e. The molecule has 0 atom stereocenters. The van der Waals surface area contributed by atoms with Crippen molar-refractivity contribution < 1.29 is 4.39 Å². The van der Waals surface area contributed by atoms with Gasteiger partial charge in [-0.1, -0.05) is 18.5 Å². The van der Waals surface area contributed by atoms with Crippen molar-refractivity contribution in [2.24, 2.45) is 0 Å². The van der Waals surface area contributed by atoms with Gasteiger partial charge in [-0.25, -0.2) is 14.4 Å². The van der Waals surface area contributed by atoms with Crippen LogP contribution in [-0.4, -0.2) is 16.5 Å². The molecule has 0 radical (unpaired) electrons. The van der Waals surface area contributed by atoms with Gasteiger partial charge in [0.15, 0.2) is 0 Å². The van der Waals surface area contributed by atoms with Crippen LogP contribution in [0.3, 0.4) is 0 Å². The van der Waals surface area contributed by atoms with Crippen LogP contribution in [0.25, 0.3) is 0 Å². The van der Waals surface area contributed by atoms with E-state index in [1.807, 2.05) is 0 Å². The summed E-state index contributed by atoms with van der Waals surface area (Å²) in [6, 6.07) is 6.16. The number of hydrogen-bond donors (Lipinski definition) is 2. The highest BCUT2D eigenvalue weighted by atomic mass is 35.5. The Morgan fingerprint density at radius 3 is 2.74 bits per heavy atom. The van der Waals surface area contributed by atoms with Gasteiger partial charge in [0.2, 0.25) is 0 Å². The zero-order valence-corrected chi connectivity index (χ0v) is 11.2. The molecule has 0 bridgehead atoms. The van der Waals surface area contributed by atoms with Gasteiger partial charge in [-0.05, 0) is 24.6 Å². The summed E-state index contributed by atoms with van der Waals surface area (Å²) >= 11 is 5.70. The zero-order chi connectivity index (χ0) is 13.7. The first-order valence-electron chi connectivity index (χ1n) is 5.97. The van der Waals surface area contributed by atoms with E-state index in [2.05, 4.69) is 27.5 Å². The maximum Gasteiger partial charge on any atom is 0.148 e. The van der Waals surface area contributed by atoms with E-state index in [0.717, 1.165) is 13.0 Å². The van der Waals surface area contributed by atoms with Crippen molar-refractivity contribution >= 4 is 28.9 Å². The first-order chi connectivity index (χ1) is 9.19. The first-order valence-corrected chi connectivity index (χ1v) is 6.35. The number of rotatable bonds is 5. The fraction of sp³-hybridized carbons (Fsp3) is 0.231. The van der Waals surface area contributed by atoms with E-state index in [1.54, 1.807) is 18.2 Å². The molecular formula is C13H14ClFN4. The lowest BCUT2D eigenvalue weighted by Gasteiger charge is -2.08. The Kier molecular flexibility index (Phi) is 4.52. The summed E-state index contributed by atoms with van der Waals surface area (Å²) in [4.78, 5) is 8.12. The molecule has 1 aromatic carbocycles. The Labute approximate surface area is 116 Å². The molecule has 2 aromatic rings. The fourth-order valence-corrected chi connectivity index (χ4v) is 1.66. The van der Waals surface area contributed by atoms with Crippen LogP contribution in [-0.2, 0) is 0 Å². The number of aromatic nitrogens is 2. The van der Waals surface area contributed by atoms with Gasteiger partial charge in [-0.2, -0.15) is 0 Å². The number of anilines is 3. The van der Waals surface area contributed by atoms with Crippen molar-refractivity contribution in [1.29, 1.82) is 0 Å². The Hall–Kier alpha value is -1.88. The molecule has 0 saturated carbocycles. The van der Waals surface area contributed by atoms with Gasteiger partial charge in [0.1, 0.15) is 23.8 Å². The molecule has 0 aliphatic heterocycles. The van der Waals surface area contributed by atoms with Crippen LogP contribution in [0, 0.1) is 5.82 Å². The second kappa shape index (κ2) is 6.33. The molecule has 4 nitrogen and oxygen atoms in total. The monoisotopic (exact) mass is 280 g/mol. The number of hydrogen-bond acceptors (Lipinski definition) is 4. The highest BCUT2D eigenvalue weighted by molar-refractivity contribution is 6.30. The van der Waals surface area contributed by atoms with Crippen LogP contribution in [0.1, 0.15) is 13.3 Å².